The third-order valence-electron chi connectivity index (χ3n) is 3.09. The first-order chi connectivity index (χ1) is 9.51. The molecule has 20 heavy (non-hydrogen) atoms. The minimum absolute atomic E-state index is 0.138. The Hall–Kier alpha value is -1.31. The van der Waals surface area contributed by atoms with E-state index in [9.17, 15) is 4.79 Å². The van der Waals surface area contributed by atoms with Gasteiger partial charge in [0.15, 0.2) is 0 Å². The highest BCUT2D eigenvalue weighted by Gasteiger charge is 2.14. The van der Waals surface area contributed by atoms with E-state index in [0.29, 0.717) is 23.2 Å². The average molecular weight is 296 g/mol. The van der Waals surface area contributed by atoms with Crippen LogP contribution in [-0.2, 0) is 6.54 Å². The monoisotopic (exact) mass is 296 g/mol. The van der Waals surface area contributed by atoms with Crippen molar-refractivity contribution >= 4 is 16.3 Å². The summed E-state index contributed by atoms with van der Waals surface area (Å²) < 4.78 is 1.36. The van der Waals surface area contributed by atoms with Crippen LogP contribution < -0.4 is 5.56 Å². The van der Waals surface area contributed by atoms with E-state index in [4.69, 9.17) is 5.11 Å². The highest BCUT2D eigenvalue weighted by molar-refractivity contribution is 7.16. The van der Waals surface area contributed by atoms with E-state index < -0.39 is 0 Å². The molecule has 0 unspecified atom stereocenters. The van der Waals surface area contributed by atoms with Crippen molar-refractivity contribution in [3.63, 3.8) is 0 Å². The molecule has 6 nitrogen and oxygen atoms in total. The van der Waals surface area contributed by atoms with Crippen molar-refractivity contribution in [1.29, 1.82) is 0 Å². The summed E-state index contributed by atoms with van der Waals surface area (Å²) in [6.45, 7) is 7.69. The fourth-order valence-electron chi connectivity index (χ4n) is 1.99. The number of aryl methyl sites for hydroxylation is 1. The maximum atomic E-state index is 11.8. The summed E-state index contributed by atoms with van der Waals surface area (Å²) in [6, 6.07) is 1.85. The van der Waals surface area contributed by atoms with E-state index in [2.05, 4.69) is 28.8 Å². The van der Waals surface area contributed by atoms with E-state index >= 15 is 0 Å². The molecule has 0 radical (unpaired) electrons. The van der Waals surface area contributed by atoms with Gasteiger partial charge in [-0.3, -0.25) is 9.69 Å². The average Bonchev–Trinajstić information content (AvgIpc) is 2.77. The molecule has 0 saturated carbocycles. The molecule has 2 rings (SSSR count). The highest BCUT2D eigenvalue weighted by atomic mass is 32.1. The Kier molecular flexibility index (Phi) is 4.85. The van der Waals surface area contributed by atoms with Gasteiger partial charge in [0.1, 0.15) is 5.01 Å². The highest BCUT2D eigenvalue weighted by Crippen LogP contribution is 2.15. The molecule has 0 aliphatic heterocycles. The number of aliphatic hydroxyl groups excluding tert-OH is 1. The molecule has 2 heterocycles. The second-order valence-corrected chi connectivity index (χ2v) is 6.11. The topological polar surface area (TPSA) is 70.7 Å². The van der Waals surface area contributed by atoms with Crippen molar-refractivity contribution in [3.05, 3.63) is 27.1 Å². The number of aromatic nitrogens is 3. The predicted molar refractivity (Wildman–Crippen MR) is 79.1 cm³/mol. The molecular weight excluding hydrogens is 276 g/mol. The maximum Gasteiger partial charge on any atom is 0.275 e. The Balaban J connectivity index is 2.24. The smallest absolute Gasteiger partial charge is 0.275 e. The summed E-state index contributed by atoms with van der Waals surface area (Å²) in [5.41, 5.74) is 0.577. The summed E-state index contributed by atoms with van der Waals surface area (Å²) in [4.78, 5) is 19.0. The summed E-state index contributed by atoms with van der Waals surface area (Å²) in [7, 11) is 0. The third-order valence-corrected chi connectivity index (χ3v) is 3.98. The van der Waals surface area contributed by atoms with Gasteiger partial charge in [-0.15, -0.1) is 0 Å². The Labute approximate surface area is 121 Å². The summed E-state index contributed by atoms with van der Waals surface area (Å²) in [5.74, 6) is 0. The lowest BCUT2D eigenvalue weighted by atomic mass is 10.3. The van der Waals surface area contributed by atoms with Gasteiger partial charge in [-0.25, -0.2) is 4.98 Å². The molecule has 0 aliphatic rings. The van der Waals surface area contributed by atoms with Gasteiger partial charge in [-0.1, -0.05) is 11.3 Å². The molecule has 0 aliphatic carbocycles. The van der Waals surface area contributed by atoms with Gasteiger partial charge in [0.05, 0.1) is 6.54 Å². The van der Waals surface area contributed by atoms with E-state index in [-0.39, 0.29) is 12.2 Å². The Morgan fingerprint density at radius 1 is 1.50 bits per heavy atom. The Morgan fingerprint density at radius 2 is 2.25 bits per heavy atom. The molecule has 2 aromatic heterocycles. The molecule has 1 N–H and O–H groups in total. The summed E-state index contributed by atoms with van der Waals surface area (Å²) in [6.07, 6.45) is 0.736. The molecule has 2 aromatic rings. The number of nitrogens with zero attached hydrogens (tertiary/aromatic N) is 4. The van der Waals surface area contributed by atoms with Crippen LogP contribution in [0.5, 0.6) is 0 Å². The van der Waals surface area contributed by atoms with Crippen LogP contribution in [0.3, 0.4) is 0 Å². The molecule has 0 atom stereocenters. The molecule has 0 saturated heterocycles. The van der Waals surface area contributed by atoms with Gasteiger partial charge in [-0.2, -0.15) is 9.61 Å². The lowest BCUT2D eigenvalue weighted by Gasteiger charge is -2.24. The first kappa shape index (κ1) is 15.1. The van der Waals surface area contributed by atoms with Crippen LogP contribution in [0.4, 0.5) is 0 Å². The Bertz CT molecular complexity index is 635. The quantitative estimate of drug-likeness (QED) is 0.863. The molecule has 0 fully saturated rings. The van der Waals surface area contributed by atoms with Crippen LogP contribution in [0.1, 0.15) is 31.0 Å². The lowest BCUT2D eigenvalue weighted by Crippen LogP contribution is -2.31. The third kappa shape index (κ3) is 3.41. The Morgan fingerprint density at radius 3 is 2.90 bits per heavy atom. The second-order valence-electron chi connectivity index (χ2n) is 5.07. The first-order valence-corrected chi connectivity index (χ1v) is 7.54. The van der Waals surface area contributed by atoms with Gasteiger partial charge in [0.25, 0.3) is 5.56 Å². The fourth-order valence-corrected chi connectivity index (χ4v) is 2.96. The van der Waals surface area contributed by atoms with Crippen molar-refractivity contribution in [2.45, 2.75) is 39.8 Å². The molecule has 110 valence electrons. The van der Waals surface area contributed by atoms with Crippen LogP contribution in [0.2, 0.25) is 0 Å². The molecule has 7 heteroatoms. The van der Waals surface area contributed by atoms with E-state index in [1.165, 1.54) is 21.9 Å². The number of aliphatic hydroxyl groups is 1. The zero-order chi connectivity index (χ0) is 14.7. The van der Waals surface area contributed by atoms with Crippen LogP contribution >= 0.6 is 11.3 Å². The van der Waals surface area contributed by atoms with Gasteiger partial charge in [0, 0.05) is 31.0 Å². The largest absolute Gasteiger partial charge is 0.396 e. The van der Waals surface area contributed by atoms with Crippen molar-refractivity contribution < 1.29 is 5.11 Å². The number of fused-ring (bicyclic) bond motifs is 1. The number of hydrogen-bond donors (Lipinski definition) is 1. The van der Waals surface area contributed by atoms with Gasteiger partial charge >= 0.3 is 0 Å². The first-order valence-electron chi connectivity index (χ1n) is 6.72. The summed E-state index contributed by atoms with van der Waals surface area (Å²) in [5, 5.41) is 14.2. The summed E-state index contributed by atoms with van der Waals surface area (Å²) >= 11 is 1.44. The predicted octanol–water partition coefficient (Wildman–Crippen LogP) is 1.05. The van der Waals surface area contributed by atoms with E-state index in [0.717, 1.165) is 18.0 Å². The van der Waals surface area contributed by atoms with Crippen LogP contribution in [0.15, 0.2) is 10.9 Å². The molecule has 0 spiro atoms. The van der Waals surface area contributed by atoms with E-state index in [1.807, 2.05) is 6.92 Å². The van der Waals surface area contributed by atoms with Crippen LogP contribution in [0, 0.1) is 6.92 Å². The normalized spacial score (nSPS) is 11.9. The van der Waals surface area contributed by atoms with Gasteiger partial charge < -0.3 is 5.11 Å². The second kappa shape index (κ2) is 6.43. The molecule has 0 aromatic carbocycles. The van der Waals surface area contributed by atoms with Crippen molar-refractivity contribution in [2.75, 3.05) is 13.2 Å². The number of hydrogen-bond acceptors (Lipinski definition) is 6. The van der Waals surface area contributed by atoms with Gasteiger partial charge in [-0.05, 0) is 27.2 Å². The van der Waals surface area contributed by atoms with Crippen LogP contribution in [-0.4, -0.2) is 43.8 Å². The molecule has 0 amide bonds. The zero-order valence-electron chi connectivity index (χ0n) is 12.0. The minimum Gasteiger partial charge on any atom is -0.396 e. The van der Waals surface area contributed by atoms with Crippen molar-refractivity contribution in [2.24, 2.45) is 0 Å². The maximum absolute atomic E-state index is 11.8. The fraction of sp³-hybridized carbons (Fsp3) is 0.615. The van der Waals surface area contributed by atoms with Gasteiger partial charge in [0.2, 0.25) is 4.96 Å². The standard InChI is InChI=1S/C13H20N4O2S/c1-9(2)16(5-4-6-18)8-11-15-17-12(19)7-10(3)14-13(17)20-11/h7,9,18H,4-6,8H2,1-3H3. The SMILES string of the molecule is Cc1cc(=O)n2nc(CN(CCCO)C(C)C)sc2n1. The van der Waals surface area contributed by atoms with Crippen molar-refractivity contribution in [3.8, 4) is 0 Å². The zero-order valence-corrected chi connectivity index (χ0v) is 12.9. The lowest BCUT2D eigenvalue weighted by molar-refractivity contribution is 0.184. The van der Waals surface area contributed by atoms with Crippen LogP contribution in [0.25, 0.3) is 4.96 Å². The van der Waals surface area contributed by atoms with Crippen molar-refractivity contribution in [1.82, 2.24) is 19.5 Å². The molecule has 0 bridgehead atoms. The van der Waals surface area contributed by atoms with E-state index in [1.54, 1.807) is 0 Å². The minimum atomic E-state index is -0.138. The molecular formula is C13H20N4O2S. The number of rotatable bonds is 6.